The van der Waals surface area contributed by atoms with E-state index in [2.05, 4.69) is 0 Å². The van der Waals surface area contributed by atoms with E-state index in [0.717, 1.165) is 19.3 Å². The van der Waals surface area contributed by atoms with E-state index in [1.165, 1.54) is 12.1 Å². The molecule has 2 amide bonds. The molecule has 2 heterocycles. The van der Waals surface area contributed by atoms with Crippen molar-refractivity contribution in [2.45, 2.75) is 37.8 Å². The smallest absolute Gasteiger partial charge is 0.239 e. The van der Waals surface area contributed by atoms with Gasteiger partial charge in [0.1, 0.15) is 11.7 Å². The molecule has 6 heteroatoms. The Hall–Kier alpha value is -1.95. The van der Waals surface area contributed by atoms with E-state index in [1.54, 1.807) is 17.0 Å². The molecular formula is C18H21FN2O3. The third kappa shape index (κ3) is 2.59. The number of ether oxygens (including phenoxy) is 1. The molecule has 1 aliphatic carbocycles. The highest BCUT2D eigenvalue weighted by molar-refractivity contribution is 6.09. The first kappa shape index (κ1) is 15.6. The molecule has 1 aromatic rings. The van der Waals surface area contributed by atoms with Gasteiger partial charge >= 0.3 is 0 Å². The number of carbonyl (C=O) groups is 2. The van der Waals surface area contributed by atoms with Crippen LogP contribution in [-0.2, 0) is 14.3 Å². The summed E-state index contributed by atoms with van der Waals surface area (Å²) in [6.07, 6.45) is 3.67. The number of nitrogens with zero attached hydrogens (tertiary/aromatic N) is 2. The molecule has 0 bridgehead atoms. The maximum atomic E-state index is 13.1. The lowest BCUT2D eigenvalue weighted by Crippen LogP contribution is -2.53. The second-order valence-corrected chi connectivity index (χ2v) is 6.75. The molecule has 3 fully saturated rings. The molecule has 1 aromatic carbocycles. The summed E-state index contributed by atoms with van der Waals surface area (Å²) in [6, 6.07) is 5.97. The van der Waals surface area contributed by atoms with Gasteiger partial charge in [-0.3, -0.25) is 9.59 Å². The molecule has 24 heavy (non-hydrogen) atoms. The number of rotatable bonds is 2. The number of morpholine rings is 1. The minimum absolute atomic E-state index is 0.0650. The summed E-state index contributed by atoms with van der Waals surface area (Å²) in [7, 11) is 0. The van der Waals surface area contributed by atoms with Crippen LogP contribution >= 0.6 is 0 Å². The number of fused-ring (bicyclic) bond motifs is 1. The fourth-order valence-corrected chi connectivity index (χ4v) is 4.19. The number of amides is 2. The van der Waals surface area contributed by atoms with Crippen LogP contribution < -0.4 is 4.90 Å². The predicted molar refractivity (Wildman–Crippen MR) is 86.0 cm³/mol. The van der Waals surface area contributed by atoms with Crippen molar-refractivity contribution in [2.75, 3.05) is 24.6 Å². The number of halogens is 1. The van der Waals surface area contributed by atoms with Gasteiger partial charge in [-0.15, -0.1) is 0 Å². The monoisotopic (exact) mass is 332 g/mol. The van der Waals surface area contributed by atoms with Crippen molar-refractivity contribution in [1.29, 1.82) is 0 Å². The molecule has 0 unspecified atom stereocenters. The van der Waals surface area contributed by atoms with Crippen LogP contribution in [0.3, 0.4) is 0 Å². The number of hydrogen-bond acceptors (Lipinski definition) is 3. The van der Waals surface area contributed by atoms with Crippen LogP contribution in [0.15, 0.2) is 24.3 Å². The Kier molecular flexibility index (Phi) is 4.00. The summed E-state index contributed by atoms with van der Waals surface area (Å²) in [5.74, 6) is -1.19. The van der Waals surface area contributed by atoms with Crippen molar-refractivity contribution in [3.8, 4) is 0 Å². The highest BCUT2D eigenvalue weighted by Crippen LogP contribution is 2.33. The maximum absolute atomic E-state index is 13.1. The molecule has 0 radical (unpaired) electrons. The molecule has 0 aromatic heterocycles. The standard InChI is InChI=1S/C18H21FN2O3/c19-12-4-6-13(7-5-12)20-9-8-14(17(20)22)18(23)21-10-11-24-16-3-1-2-15(16)21/h4-7,14-16H,1-3,8-11H2/t14-,15+,16+/m1/s1. The third-order valence-electron chi connectivity index (χ3n) is 5.41. The Labute approximate surface area is 140 Å². The zero-order valence-corrected chi connectivity index (χ0v) is 13.5. The Morgan fingerprint density at radius 1 is 1.12 bits per heavy atom. The maximum Gasteiger partial charge on any atom is 0.239 e. The topological polar surface area (TPSA) is 49.9 Å². The SMILES string of the molecule is O=C1[C@H](C(=O)N2CCO[C@H]3CCC[C@@H]32)CCN1c1ccc(F)cc1. The van der Waals surface area contributed by atoms with Gasteiger partial charge in [0.15, 0.2) is 0 Å². The summed E-state index contributed by atoms with van der Waals surface area (Å²) in [5.41, 5.74) is 0.650. The van der Waals surface area contributed by atoms with E-state index in [0.29, 0.717) is 31.8 Å². The Balaban J connectivity index is 1.49. The first-order valence-corrected chi connectivity index (χ1v) is 8.64. The molecule has 1 saturated carbocycles. The van der Waals surface area contributed by atoms with Crippen LogP contribution in [0.25, 0.3) is 0 Å². The van der Waals surface area contributed by atoms with Crippen LogP contribution in [0.1, 0.15) is 25.7 Å². The number of anilines is 1. The predicted octanol–water partition coefficient (Wildman–Crippen LogP) is 1.96. The fourth-order valence-electron chi connectivity index (χ4n) is 4.19. The van der Waals surface area contributed by atoms with Gasteiger partial charge in [-0.2, -0.15) is 0 Å². The van der Waals surface area contributed by atoms with Gasteiger partial charge in [-0.25, -0.2) is 4.39 Å². The quantitative estimate of drug-likeness (QED) is 0.778. The zero-order chi connectivity index (χ0) is 16.7. The largest absolute Gasteiger partial charge is 0.374 e. The van der Waals surface area contributed by atoms with Gasteiger partial charge < -0.3 is 14.5 Å². The van der Waals surface area contributed by atoms with Crippen LogP contribution in [-0.4, -0.2) is 48.6 Å². The van der Waals surface area contributed by atoms with E-state index in [1.807, 2.05) is 4.90 Å². The molecule has 3 atom stereocenters. The minimum atomic E-state index is -0.616. The van der Waals surface area contributed by atoms with Crippen molar-refractivity contribution in [3.05, 3.63) is 30.1 Å². The highest BCUT2D eigenvalue weighted by Gasteiger charge is 2.45. The summed E-state index contributed by atoms with van der Waals surface area (Å²) >= 11 is 0. The van der Waals surface area contributed by atoms with E-state index >= 15 is 0 Å². The molecule has 5 nitrogen and oxygen atoms in total. The molecule has 3 aliphatic rings. The summed E-state index contributed by atoms with van der Waals surface area (Å²) in [4.78, 5) is 29.1. The lowest BCUT2D eigenvalue weighted by atomic mass is 10.0. The molecule has 2 aliphatic heterocycles. The Morgan fingerprint density at radius 3 is 2.71 bits per heavy atom. The van der Waals surface area contributed by atoms with Gasteiger partial charge in [0.2, 0.25) is 11.8 Å². The van der Waals surface area contributed by atoms with Crippen molar-refractivity contribution in [3.63, 3.8) is 0 Å². The van der Waals surface area contributed by atoms with Crippen molar-refractivity contribution >= 4 is 17.5 Å². The molecular weight excluding hydrogens is 311 g/mol. The average Bonchev–Trinajstić information content (AvgIpc) is 3.21. The van der Waals surface area contributed by atoms with E-state index in [4.69, 9.17) is 4.74 Å². The lowest BCUT2D eigenvalue weighted by molar-refractivity contribution is -0.150. The van der Waals surface area contributed by atoms with Crippen molar-refractivity contribution in [2.24, 2.45) is 5.92 Å². The normalized spacial score (nSPS) is 29.9. The van der Waals surface area contributed by atoms with Crippen molar-refractivity contribution < 1.29 is 18.7 Å². The van der Waals surface area contributed by atoms with Crippen LogP contribution in [0, 0.1) is 11.7 Å². The summed E-state index contributed by atoms with van der Waals surface area (Å²) in [6.45, 7) is 1.62. The highest BCUT2D eigenvalue weighted by atomic mass is 19.1. The van der Waals surface area contributed by atoms with Gasteiger partial charge in [0.25, 0.3) is 0 Å². The van der Waals surface area contributed by atoms with E-state index in [9.17, 15) is 14.0 Å². The van der Waals surface area contributed by atoms with Crippen LogP contribution in [0.4, 0.5) is 10.1 Å². The van der Waals surface area contributed by atoms with Gasteiger partial charge in [-0.1, -0.05) is 0 Å². The van der Waals surface area contributed by atoms with Crippen LogP contribution in [0.5, 0.6) is 0 Å². The second-order valence-electron chi connectivity index (χ2n) is 6.75. The van der Waals surface area contributed by atoms with Crippen molar-refractivity contribution in [1.82, 2.24) is 4.90 Å². The number of hydrogen-bond donors (Lipinski definition) is 0. The average molecular weight is 332 g/mol. The molecule has 4 rings (SSSR count). The lowest BCUT2D eigenvalue weighted by Gasteiger charge is -2.38. The number of carbonyl (C=O) groups excluding carboxylic acids is 2. The zero-order valence-electron chi connectivity index (χ0n) is 13.5. The van der Waals surface area contributed by atoms with Gasteiger partial charge in [-0.05, 0) is 49.9 Å². The summed E-state index contributed by atoms with van der Waals surface area (Å²) in [5, 5.41) is 0. The number of benzene rings is 1. The molecule has 0 N–H and O–H groups in total. The fraction of sp³-hybridized carbons (Fsp3) is 0.556. The molecule has 2 saturated heterocycles. The first-order chi connectivity index (χ1) is 11.6. The Morgan fingerprint density at radius 2 is 1.92 bits per heavy atom. The summed E-state index contributed by atoms with van der Waals surface area (Å²) < 4.78 is 18.8. The molecule has 128 valence electrons. The van der Waals surface area contributed by atoms with Gasteiger partial charge in [0.05, 0.1) is 18.8 Å². The van der Waals surface area contributed by atoms with E-state index < -0.39 is 5.92 Å². The minimum Gasteiger partial charge on any atom is -0.374 e. The molecule has 0 spiro atoms. The van der Waals surface area contributed by atoms with E-state index in [-0.39, 0.29) is 29.8 Å². The first-order valence-electron chi connectivity index (χ1n) is 8.64. The third-order valence-corrected chi connectivity index (χ3v) is 5.41. The Bertz CT molecular complexity index is 648. The van der Waals surface area contributed by atoms with Crippen LogP contribution in [0.2, 0.25) is 0 Å². The second kappa shape index (κ2) is 6.16. The van der Waals surface area contributed by atoms with Gasteiger partial charge in [0, 0.05) is 18.8 Å².